The van der Waals surface area contributed by atoms with E-state index in [2.05, 4.69) is 15.7 Å². The summed E-state index contributed by atoms with van der Waals surface area (Å²) >= 11 is 0. The summed E-state index contributed by atoms with van der Waals surface area (Å²) in [6.07, 6.45) is 2.24. The van der Waals surface area contributed by atoms with E-state index < -0.39 is 11.6 Å². The van der Waals surface area contributed by atoms with Crippen LogP contribution in [-0.4, -0.2) is 36.6 Å². The molecule has 10 nitrogen and oxygen atoms in total. The minimum Gasteiger partial charge on any atom is -0.350 e. The van der Waals surface area contributed by atoms with E-state index in [1.54, 1.807) is 18.2 Å². The molecule has 1 unspecified atom stereocenters. The number of benzene rings is 2. The summed E-state index contributed by atoms with van der Waals surface area (Å²) < 4.78 is 3.78. The van der Waals surface area contributed by atoms with Crippen molar-refractivity contribution in [1.29, 1.82) is 0 Å². The highest BCUT2D eigenvalue weighted by molar-refractivity contribution is 5.98. The number of anilines is 1. The number of fused-ring (bicyclic) bond motifs is 3. The van der Waals surface area contributed by atoms with Crippen LogP contribution in [0.2, 0.25) is 0 Å². The van der Waals surface area contributed by atoms with Gasteiger partial charge in [0.25, 0.3) is 11.5 Å². The van der Waals surface area contributed by atoms with Gasteiger partial charge in [0, 0.05) is 23.8 Å². The Bertz CT molecular complexity index is 1600. The van der Waals surface area contributed by atoms with Gasteiger partial charge in [0.2, 0.25) is 11.7 Å². The summed E-state index contributed by atoms with van der Waals surface area (Å²) in [4.78, 5) is 52.3. The van der Waals surface area contributed by atoms with Crippen molar-refractivity contribution in [2.24, 2.45) is 0 Å². The Morgan fingerprint density at radius 1 is 1.05 bits per heavy atom. The first-order chi connectivity index (χ1) is 17.8. The number of rotatable bonds is 9. The lowest BCUT2D eigenvalue weighted by molar-refractivity contribution is -0.117. The fourth-order valence-electron chi connectivity index (χ4n) is 4.20. The molecule has 0 aliphatic heterocycles. The van der Waals surface area contributed by atoms with E-state index in [0.29, 0.717) is 29.6 Å². The van der Waals surface area contributed by atoms with Gasteiger partial charge in [-0.05, 0) is 62.1 Å². The third kappa shape index (κ3) is 5.18. The molecule has 10 heteroatoms. The minimum absolute atomic E-state index is 0.0252. The third-order valence-corrected chi connectivity index (χ3v) is 6.39. The normalized spacial score (nSPS) is 12.1. The monoisotopic (exact) mass is 504 g/mol. The summed E-state index contributed by atoms with van der Waals surface area (Å²) in [7, 11) is 0. The molecule has 0 aliphatic carbocycles. The molecule has 0 bridgehead atoms. The van der Waals surface area contributed by atoms with Crippen LogP contribution >= 0.6 is 0 Å². The summed E-state index contributed by atoms with van der Waals surface area (Å²) in [5.41, 5.74) is 1.43. The van der Waals surface area contributed by atoms with E-state index >= 15 is 0 Å². The highest BCUT2D eigenvalue weighted by Gasteiger charge is 2.20. The first-order valence-corrected chi connectivity index (χ1v) is 12.6. The average Bonchev–Trinajstić information content (AvgIpc) is 3.21. The van der Waals surface area contributed by atoms with E-state index in [4.69, 9.17) is 0 Å². The molecule has 194 valence electrons. The molecular weight excluding hydrogens is 472 g/mol. The van der Waals surface area contributed by atoms with Crippen LogP contribution in [0.4, 0.5) is 5.69 Å². The second-order valence-corrected chi connectivity index (χ2v) is 9.15. The molecule has 0 spiro atoms. The van der Waals surface area contributed by atoms with Gasteiger partial charge in [-0.3, -0.25) is 19.0 Å². The molecule has 0 aliphatic rings. The van der Waals surface area contributed by atoms with Crippen LogP contribution in [0, 0.1) is 0 Å². The summed E-state index contributed by atoms with van der Waals surface area (Å²) in [5.74, 6) is -0.582. The average molecular weight is 505 g/mol. The fourth-order valence-corrected chi connectivity index (χ4v) is 4.20. The molecule has 1 atom stereocenters. The van der Waals surface area contributed by atoms with Crippen LogP contribution < -0.4 is 21.9 Å². The second-order valence-electron chi connectivity index (χ2n) is 9.15. The van der Waals surface area contributed by atoms with Gasteiger partial charge in [-0.15, -0.1) is 5.10 Å². The molecule has 2 aromatic heterocycles. The molecule has 4 aromatic rings. The predicted molar refractivity (Wildman–Crippen MR) is 143 cm³/mol. The first kappa shape index (κ1) is 25.9. The number of nitrogens with one attached hydrogen (secondary N) is 2. The lowest BCUT2D eigenvalue weighted by Gasteiger charge is -2.13. The lowest BCUT2D eigenvalue weighted by Crippen LogP contribution is -2.32. The summed E-state index contributed by atoms with van der Waals surface area (Å²) in [6, 6.07) is 12.1. The van der Waals surface area contributed by atoms with Crippen LogP contribution in [0.25, 0.3) is 16.7 Å². The molecule has 0 fully saturated rings. The highest BCUT2D eigenvalue weighted by Crippen LogP contribution is 2.15. The molecule has 0 radical (unpaired) electrons. The van der Waals surface area contributed by atoms with Crippen molar-refractivity contribution in [3.05, 3.63) is 74.4 Å². The van der Waals surface area contributed by atoms with Crippen LogP contribution in [0.15, 0.2) is 52.1 Å². The van der Waals surface area contributed by atoms with Crippen LogP contribution in [0.5, 0.6) is 0 Å². The Morgan fingerprint density at radius 2 is 1.84 bits per heavy atom. The van der Waals surface area contributed by atoms with E-state index in [1.807, 2.05) is 45.9 Å². The molecule has 2 heterocycles. The SMILES string of the molecule is CCCn1c(=O)c2ccc(C(=O)NC(C)CC)cc2n2c(=O)n(CC(=O)Nc3cccc(CC)c3)nc12. The molecule has 37 heavy (non-hydrogen) atoms. The van der Waals surface area contributed by atoms with Crippen molar-refractivity contribution in [3.63, 3.8) is 0 Å². The van der Waals surface area contributed by atoms with Gasteiger partial charge in [0.15, 0.2) is 0 Å². The highest BCUT2D eigenvalue weighted by atomic mass is 16.2. The van der Waals surface area contributed by atoms with E-state index in [0.717, 1.165) is 23.1 Å². The van der Waals surface area contributed by atoms with Gasteiger partial charge in [-0.1, -0.05) is 32.9 Å². The van der Waals surface area contributed by atoms with E-state index in [-0.39, 0.29) is 35.3 Å². The number of hydrogen-bond donors (Lipinski definition) is 2. The lowest BCUT2D eigenvalue weighted by atomic mass is 10.1. The van der Waals surface area contributed by atoms with Gasteiger partial charge >= 0.3 is 5.69 Å². The third-order valence-electron chi connectivity index (χ3n) is 6.39. The van der Waals surface area contributed by atoms with Crippen molar-refractivity contribution < 1.29 is 9.59 Å². The Morgan fingerprint density at radius 3 is 2.54 bits per heavy atom. The Balaban J connectivity index is 1.80. The van der Waals surface area contributed by atoms with Crippen molar-refractivity contribution in [1.82, 2.24) is 24.1 Å². The van der Waals surface area contributed by atoms with Gasteiger partial charge in [-0.2, -0.15) is 0 Å². The van der Waals surface area contributed by atoms with Crippen molar-refractivity contribution in [2.45, 2.75) is 66.1 Å². The maximum Gasteiger partial charge on any atom is 0.352 e. The zero-order valence-electron chi connectivity index (χ0n) is 21.6. The Kier molecular flexibility index (Phi) is 7.56. The summed E-state index contributed by atoms with van der Waals surface area (Å²) in [5, 5.41) is 10.4. The van der Waals surface area contributed by atoms with E-state index in [1.165, 1.54) is 15.0 Å². The first-order valence-electron chi connectivity index (χ1n) is 12.6. The molecule has 2 N–H and O–H groups in total. The standard InChI is InChI=1S/C27H32N6O4/c1-5-13-31-25(36)21-12-11-19(24(35)28-17(4)6-2)15-22(21)33-26(31)30-32(27(33)37)16-23(34)29-20-10-8-9-18(7-3)14-20/h8-12,14-15,17H,5-7,13,16H2,1-4H3,(H,28,35)(H,29,34). The van der Waals surface area contributed by atoms with Gasteiger partial charge in [-0.25, -0.2) is 13.9 Å². The number of amides is 2. The molecular formula is C27H32N6O4. The van der Waals surface area contributed by atoms with E-state index in [9.17, 15) is 19.2 Å². The van der Waals surface area contributed by atoms with Gasteiger partial charge in [0.05, 0.1) is 10.9 Å². The van der Waals surface area contributed by atoms with Gasteiger partial charge in [0.1, 0.15) is 6.54 Å². The van der Waals surface area contributed by atoms with Crippen LogP contribution in [0.1, 0.15) is 56.5 Å². The van der Waals surface area contributed by atoms with Gasteiger partial charge < -0.3 is 10.6 Å². The molecule has 2 aromatic carbocycles. The molecule has 0 saturated carbocycles. The Labute approximate surface area is 213 Å². The smallest absolute Gasteiger partial charge is 0.350 e. The zero-order valence-corrected chi connectivity index (χ0v) is 21.6. The number of nitrogens with zero attached hydrogens (tertiary/aromatic N) is 4. The van der Waals surface area contributed by atoms with Crippen molar-refractivity contribution in [3.8, 4) is 0 Å². The molecule has 4 rings (SSSR count). The largest absolute Gasteiger partial charge is 0.352 e. The maximum absolute atomic E-state index is 13.5. The fraction of sp³-hybridized carbons (Fsp3) is 0.370. The summed E-state index contributed by atoms with van der Waals surface area (Å²) in [6.45, 7) is 7.83. The molecule has 2 amide bonds. The number of aromatic nitrogens is 4. The molecule has 0 saturated heterocycles. The van der Waals surface area contributed by atoms with Crippen LogP contribution in [-0.2, 0) is 24.3 Å². The minimum atomic E-state index is -0.568. The zero-order chi connectivity index (χ0) is 26.7. The number of carbonyl (C=O) groups is 2. The van der Waals surface area contributed by atoms with Crippen LogP contribution in [0.3, 0.4) is 0 Å². The number of hydrogen-bond acceptors (Lipinski definition) is 5. The van der Waals surface area contributed by atoms with Crippen molar-refractivity contribution in [2.75, 3.05) is 5.32 Å². The number of carbonyl (C=O) groups excluding carboxylic acids is 2. The number of aryl methyl sites for hydroxylation is 2. The topological polar surface area (TPSA) is 120 Å². The maximum atomic E-state index is 13.5. The second kappa shape index (κ2) is 10.8. The quantitative estimate of drug-likeness (QED) is 0.363. The predicted octanol–water partition coefficient (Wildman–Crippen LogP) is 2.95. The van der Waals surface area contributed by atoms with Crippen molar-refractivity contribution >= 4 is 34.2 Å². The Hall–Kier alpha value is -4.21.